The average Bonchev–Trinajstić information content (AvgIpc) is 2.77. The van der Waals surface area contributed by atoms with Crippen molar-refractivity contribution in [3.05, 3.63) is 47.3 Å². The molecule has 0 aliphatic heterocycles. The number of carbonyl (C=O) groups is 1. The standard InChI is InChI=1S/C13H15N3O2/c1-9-12(7-15-18-9)13(17)16(2)8-10-3-5-11(14)6-4-10/h3-7H,8,14H2,1-2H3. The minimum absolute atomic E-state index is 0.106. The van der Waals surface area contributed by atoms with E-state index in [9.17, 15) is 4.79 Å². The second kappa shape index (κ2) is 4.91. The number of rotatable bonds is 3. The van der Waals surface area contributed by atoms with Gasteiger partial charge in [0.2, 0.25) is 0 Å². The maximum absolute atomic E-state index is 12.1. The monoisotopic (exact) mass is 245 g/mol. The van der Waals surface area contributed by atoms with Crippen molar-refractivity contribution in [3.8, 4) is 0 Å². The molecule has 1 amide bonds. The van der Waals surface area contributed by atoms with Crippen LogP contribution in [0.3, 0.4) is 0 Å². The number of aromatic nitrogens is 1. The van der Waals surface area contributed by atoms with E-state index < -0.39 is 0 Å². The van der Waals surface area contributed by atoms with E-state index >= 15 is 0 Å². The zero-order chi connectivity index (χ0) is 13.1. The van der Waals surface area contributed by atoms with Crippen LogP contribution in [0.25, 0.3) is 0 Å². The summed E-state index contributed by atoms with van der Waals surface area (Å²) in [5, 5.41) is 3.60. The number of nitrogen functional groups attached to an aromatic ring is 1. The molecule has 0 aliphatic rings. The SMILES string of the molecule is Cc1oncc1C(=O)N(C)Cc1ccc(N)cc1. The van der Waals surface area contributed by atoms with Crippen molar-refractivity contribution in [2.24, 2.45) is 0 Å². The van der Waals surface area contributed by atoms with Crippen LogP contribution in [0.5, 0.6) is 0 Å². The molecular weight excluding hydrogens is 230 g/mol. The van der Waals surface area contributed by atoms with Crippen LogP contribution in [0.4, 0.5) is 5.69 Å². The first-order chi connectivity index (χ1) is 8.58. The maximum atomic E-state index is 12.1. The molecule has 2 aromatic rings. The molecule has 94 valence electrons. The number of aryl methyl sites for hydroxylation is 1. The van der Waals surface area contributed by atoms with Crippen LogP contribution in [0, 0.1) is 6.92 Å². The molecule has 2 rings (SSSR count). The van der Waals surface area contributed by atoms with Gasteiger partial charge in [-0.05, 0) is 24.6 Å². The minimum Gasteiger partial charge on any atom is -0.399 e. The van der Waals surface area contributed by atoms with Gasteiger partial charge in [-0.2, -0.15) is 0 Å². The Kier molecular flexibility index (Phi) is 3.32. The summed E-state index contributed by atoms with van der Waals surface area (Å²) in [7, 11) is 1.74. The third-order valence-corrected chi connectivity index (χ3v) is 2.73. The van der Waals surface area contributed by atoms with Crippen molar-refractivity contribution < 1.29 is 9.32 Å². The topological polar surface area (TPSA) is 72.4 Å². The molecule has 0 spiro atoms. The van der Waals surface area contributed by atoms with E-state index in [4.69, 9.17) is 10.3 Å². The van der Waals surface area contributed by atoms with Gasteiger partial charge in [0.1, 0.15) is 11.3 Å². The molecule has 0 fully saturated rings. The Bertz CT molecular complexity index is 546. The van der Waals surface area contributed by atoms with E-state index in [0.29, 0.717) is 23.6 Å². The summed E-state index contributed by atoms with van der Waals surface area (Å²) in [5.41, 5.74) is 7.84. The molecule has 0 saturated heterocycles. The minimum atomic E-state index is -0.106. The van der Waals surface area contributed by atoms with Crippen molar-refractivity contribution in [2.45, 2.75) is 13.5 Å². The van der Waals surface area contributed by atoms with E-state index in [1.165, 1.54) is 6.20 Å². The highest BCUT2D eigenvalue weighted by Gasteiger charge is 2.17. The molecule has 0 unspecified atom stereocenters. The largest absolute Gasteiger partial charge is 0.399 e. The summed E-state index contributed by atoms with van der Waals surface area (Å²) in [4.78, 5) is 13.7. The summed E-state index contributed by atoms with van der Waals surface area (Å²) < 4.78 is 4.89. The molecule has 1 aromatic carbocycles. The number of hydrogen-bond acceptors (Lipinski definition) is 4. The maximum Gasteiger partial charge on any atom is 0.259 e. The Morgan fingerprint density at radius 1 is 1.39 bits per heavy atom. The van der Waals surface area contributed by atoms with Crippen molar-refractivity contribution in [1.82, 2.24) is 10.1 Å². The van der Waals surface area contributed by atoms with Crippen LogP contribution < -0.4 is 5.73 Å². The molecule has 2 N–H and O–H groups in total. The van der Waals surface area contributed by atoms with Crippen LogP contribution in [0.15, 0.2) is 35.0 Å². The highest BCUT2D eigenvalue weighted by atomic mass is 16.5. The molecule has 0 atom stereocenters. The Morgan fingerprint density at radius 3 is 2.61 bits per heavy atom. The fourth-order valence-electron chi connectivity index (χ4n) is 1.68. The smallest absolute Gasteiger partial charge is 0.259 e. The predicted octanol–water partition coefficient (Wildman–Crippen LogP) is 1.84. The molecule has 0 bridgehead atoms. The Labute approximate surface area is 105 Å². The van der Waals surface area contributed by atoms with Gasteiger partial charge < -0.3 is 15.2 Å². The summed E-state index contributed by atoms with van der Waals surface area (Å²) in [6, 6.07) is 7.44. The van der Waals surface area contributed by atoms with Crippen LogP contribution >= 0.6 is 0 Å². The molecule has 18 heavy (non-hydrogen) atoms. The van der Waals surface area contributed by atoms with Crippen LogP contribution in [-0.4, -0.2) is 23.0 Å². The lowest BCUT2D eigenvalue weighted by atomic mass is 10.2. The third kappa shape index (κ3) is 2.51. The van der Waals surface area contributed by atoms with Gasteiger partial charge >= 0.3 is 0 Å². The number of hydrogen-bond donors (Lipinski definition) is 1. The van der Waals surface area contributed by atoms with Crippen LogP contribution in [0.2, 0.25) is 0 Å². The van der Waals surface area contributed by atoms with Crippen LogP contribution in [0.1, 0.15) is 21.7 Å². The van der Waals surface area contributed by atoms with Gasteiger partial charge in [-0.1, -0.05) is 17.3 Å². The van der Waals surface area contributed by atoms with E-state index in [2.05, 4.69) is 5.16 Å². The summed E-state index contributed by atoms with van der Waals surface area (Å²) >= 11 is 0. The molecule has 1 heterocycles. The predicted molar refractivity (Wildman–Crippen MR) is 67.9 cm³/mol. The third-order valence-electron chi connectivity index (χ3n) is 2.73. The van der Waals surface area contributed by atoms with Crippen molar-refractivity contribution in [1.29, 1.82) is 0 Å². The van der Waals surface area contributed by atoms with Gasteiger partial charge in [0.25, 0.3) is 5.91 Å². The average molecular weight is 245 g/mol. The molecule has 1 aromatic heterocycles. The van der Waals surface area contributed by atoms with Crippen molar-refractivity contribution in [3.63, 3.8) is 0 Å². The fraction of sp³-hybridized carbons (Fsp3) is 0.231. The van der Waals surface area contributed by atoms with E-state index in [-0.39, 0.29) is 5.91 Å². The molecular formula is C13H15N3O2. The number of benzene rings is 1. The van der Waals surface area contributed by atoms with Gasteiger partial charge in [-0.15, -0.1) is 0 Å². The number of nitrogens with two attached hydrogens (primary N) is 1. The summed E-state index contributed by atoms with van der Waals surface area (Å²) in [6.45, 7) is 2.24. The Hall–Kier alpha value is -2.30. The fourth-order valence-corrected chi connectivity index (χ4v) is 1.68. The van der Waals surface area contributed by atoms with Gasteiger partial charge in [0.05, 0.1) is 6.20 Å². The van der Waals surface area contributed by atoms with Crippen LogP contribution in [-0.2, 0) is 6.54 Å². The normalized spacial score (nSPS) is 10.3. The van der Waals surface area contributed by atoms with E-state index in [1.807, 2.05) is 24.3 Å². The van der Waals surface area contributed by atoms with Gasteiger partial charge in [0, 0.05) is 19.3 Å². The van der Waals surface area contributed by atoms with Gasteiger partial charge in [-0.25, -0.2) is 0 Å². The number of nitrogens with zero attached hydrogens (tertiary/aromatic N) is 2. The molecule has 5 heteroatoms. The second-order valence-corrected chi connectivity index (χ2v) is 4.20. The Morgan fingerprint density at radius 2 is 2.06 bits per heavy atom. The quantitative estimate of drug-likeness (QED) is 0.837. The lowest BCUT2D eigenvalue weighted by Crippen LogP contribution is -2.26. The summed E-state index contributed by atoms with van der Waals surface area (Å²) in [5.74, 6) is 0.426. The molecule has 5 nitrogen and oxygen atoms in total. The highest BCUT2D eigenvalue weighted by Crippen LogP contribution is 2.12. The first-order valence-electron chi connectivity index (χ1n) is 5.59. The molecule has 0 aliphatic carbocycles. The van der Waals surface area contributed by atoms with E-state index in [0.717, 1.165) is 5.56 Å². The first-order valence-corrected chi connectivity index (χ1v) is 5.59. The number of carbonyl (C=O) groups excluding carboxylic acids is 1. The number of anilines is 1. The Balaban J connectivity index is 2.08. The molecule has 0 saturated carbocycles. The highest BCUT2D eigenvalue weighted by molar-refractivity contribution is 5.94. The first kappa shape index (κ1) is 12.2. The number of amides is 1. The van der Waals surface area contributed by atoms with Gasteiger partial charge in [0.15, 0.2) is 0 Å². The lowest BCUT2D eigenvalue weighted by molar-refractivity contribution is 0.0783. The summed E-state index contributed by atoms with van der Waals surface area (Å²) in [6.07, 6.45) is 1.44. The zero-order valence-electron chi connectivity index (χ0n) is 10.4. The second-order valence-electron chi connectivity index (χ2n) is 4.20. The zero-order valence-corrected chi connectivity index (χ0v) is 10.4. The lowest BCUT2D eigenvalue weighted by Gasteiger charge is -2.16. The van der Waals surface area contributed by atoms with Gasteiger partial charge in [-0.3, -0.25) is 4.79 Å². The van der Waals surface area contributed by atoms with E-state index in [1.54, 1.807) is 18.9 Å². The van der Waals surface area contributed by atoms with Crippen molar-refractivity contribution in [2.75, 3.05) is 12.8 Å². The van der Waals surface area contributed by atoms with Crippen molar-refractivity contribution >= 4 is 11.6 Å². The molecule has 0 radical (unpaired) electrons.